The normalized spacial score (nSPS) is 20.1. The maximum absolute atomic E-state index is 13.5. The Morgan fingerprint density at radius 1 is 1.00 bits per heavy atom. The Morgan fingerprint density at radius 3 is 2.44 bits per heavy atom. The first kappa shape index (κ1) is 25.2. The second-order valence-corrected chi connectivity index (χ2v) is 13.1. The third-order valence-corrected chi connectivity index (χ3v) is 9.98. The van der Waals surface area contributed by atoms with Crippen molar-refractivity contribution in [2.24, 2.45) is 5.41 Å². The number of nitrogens with zero attached hydrogens (tertiary/aromatic N) is 2. The van der Waals surface area contributed by atoms with Gasteiger partial charge in [0.2, 0.25) is 15.9 Å². The van der Waals surface area contributed by atoms with Gasteiger partial charge in [-0.3, -0.25) is 9.69 Å². The zero-order valence-electron chi connectivity index (χ0n) is 20.7. The van der Waals surface area contributed by atoms with Crippen LogP contribution in [0.1, 0.15) is 33.1 Å². The lowest BCUT2D eigenvalue weighted by Gasteiger charge is -2.39. The number of sulfonamides is 1. The summed E-state index contributed by atoms with van der Waals surface area (Å²) in [5.41, 5.74) is 0.248. The number of likely N-dealkylation sites (tertiary alicyclic amines) is 1. The van der Waals surface area contributed by atoms with Gasteiger partial charge in [0.25, 0.3) is 0 Å². The highest BCUT2D eigenvalue weighted by molar-refractivity contribution is 7.89. The number of hydrogen-bond donors (Lipinski definition) is 1. The first-order chi connectivity index (χ1) is 17.1. The summed E-state index contributed by atoms with van der Waals surface area (Å²) in [6.07, 6.45) is 2.52. The summed E-state index contributed by atoms with van der Waals surface area (Å²) in [6.45, 7) is 6.37. The average Bonchev–Trinajstić information content (AvgIpc) is 3.11. The number of hydrogen-bond acceptors (Lipinski definition) is 4. The molecule has 8 heteroatoms. The fourth-order valence-corrected chi connectivity index (χ4v) is 8.19. The molecule has 0 bridgehead atoms. The molecule has 2 fully saturated rings. The third kappa shape index (κ3) is 4.90. The van der Waals surface area contributed by atoms with E-state index in [2.05, 4.69) is 10.2 Å². The predicted octanol–water partition coefficient (Wildman–Crippen LogP) is 5.39. The Hall–Kier alpha value is -2.45. The van der Waals surface area contributed by atoms with Crippen LogP contribution in [0.25, 0.3) is 10.8 Å². The number of piperidine rings is 1. The summed E-state index contributed by atoms with van der Waals surface area (Å²) in [6, 6.07) is 20.4. The molecule has 0 unspecified atom stereocenters. The van der Waals surface area contributed by atoms with E-state index in [1.807, 2.05) is 56.3 Å². The van der Waals surface area contributed by atoms with E-state index in [1.54, 1.807) is 22.5 Å². The van der Waals surface area contributed by atoms with Crippen LogP contribution in [-0.2, 0) is 14.8 Å². The van der Waals surface area contributed by atoms with Gasteiger partial charge in [-0.25, -0.2) is 8.42 Å². The number of benzene rings is 3. The number of nitrogens with one attached hydrogen (secondary N) is 1. The Morgan fingerprint density at radius 2 is 1.69 bits per heavy atom. The molecule has 190 valence electrons. The summed E-state index contributed by atoms with van der Waals surface area (Å²) in [4.78, 5) is 15.3. The van der Waals surface area contributed by atoms with Gasteiger partial charge in [-0.2, -0.15) is 4.31 Å². The molecule has 0 saturated carbocycles. The zero-order chi connectivity index (χ0) is 25.6. The summed E-state index contributed by atoms with van der Waals surface area (Å²) >= 11 is 6.09. The van der Waals surface area contributed by atoms with Crippen molar-refractivity contribution >= 4 is 44.0 Å². The van der Waals surface area contributed by atoms with E-state index in [-0.39, 0.29) is 16.2 Å². The molecule has 36 heavy (non-hydrogen) atoms. The molecule has 2 heterocycles. The molecule has 0 aliphatic carbocycles. The Balaban J connectivity index is 1.23. The number of fused-ring (bicyclic) bond motifs is 1. The molecule has 2 aliphatic rings. The van der Waals surface area contributed by atoms with Gasteiger partial charge < -0.3 is 5.32 Å². The minimum atomic E-state index is -3.66. The number of halogens is 1. The van der Waals surface area contributed by atoms with Crippen molar-refractivity contribution in [2.75, 3.05) is 31.5 Å². The van der Waals surface area contributed by atoms with Crippen LogP contribution in [0.2, 0.25) is 5.02 Å². The molecule has 0 aromatic heterocycles. The van der Waals surface area contributed by atoms with Crippen molar-refractivity contribution in [1.82, 2.24) is 9.21 Å². The lowest BCUT2D eigenvalue weighted by atomic mass is 9.74. The Labute approximate surface area is 218 Å². The van der Waals surface area contributed by atoms with Crippen molar-refractivity contribution in [3.05, 3.63) is 71.8 Å². The average molecular weight is 526 g/mol. The molecular formula is C28H32ClN3O3S. The molecule has 2 saturated heterocycles. The summed E-state index contributed by atoms with van der Waals surface area (Å²) in [5, 5.41) is 5.61. The molecule has 3 aromatic rings. The highest BCUT2D eigenvalue weighted by Gasteiger charge is 2.53. The minimum absolute atomic E-state index is 0.0285. The summed E-state index contributed by atoms with van der Waals surface area (Å²) < 4.78 is 28.7. The topological polar surface area (TPSA) is 69.7 Å². The SMILES string of the molecule is CC1(C)CC2(CCN(CC(=O)Nc3cccc4ccccc34)CC2)CN1S(=O)(=O)c1cccc(Cl)c1. The molecule has 1 N–H and O–H groups in total. The standard InChI is InChI=1S/C28H32ClN3O3S/c1-27(2)19-28(20-32(27)36(34,35)23-10-6-9-22(29)17-23)13-15-31(16-14-28)18-26(33)30-25-12-5-8-21-7-3-4-11-24(21)25/h3-12,17H,13-16,18-20H2,1-2H3,(H,30,33). The second kappa shape index (κ2) is 9.45. The van der Waals surface area contributed by atoms with Crippen LogP contribution in [0.4, 0.5) is 5.69 Å². The maximum atomic E-state index is 13.5. The number of anilines is 1. The molecule has 2 aliphatic heterocycles. The highest BCUT2D eigenvalue weighted by atomic mass is 35.5. The smallest absolute Gasteiger partial charge is 0.243 e. The van der Waals surface area contributed by atoms with Gasteiger partial charge in [-0.15, -0.1) is 0 Å². The number of carbonyl (C=O) groups excluding carboxylic acids is 1. The fraction of sp³-hybridized carbons (Fsp3) is 0.393. The van der Waals surface area contributed by atoms with Crippen LogP contribution in [0.15, 0.2) is 71.6 Å². The molecule has 3 aromatic carbocycles. The van der Waals surface area contributed by atoms with Crippen LogP contribution in [0, 0.1) is 5.41 Å². The number of carbonyl (C=O) groups is 1. The highest BCUT2D eigenvalue weighted by Crippen LogP contribution is 2.49. The summed E-state index contributed by atoms with van der Waals surface area (Å²) in [5.74, 6) is -0.0285. The van der Waals surface area contributed by atoms with Crippen molar-refractivity contribution in [3.63, 3.8) is 0 Å². The van der Waals surface area contributed by atoms with E-state index in [4.69, 9.17) is 11.6 Å². The van der Waals surface area contributed by atoms with Crippen molar-refractivity contribution in [2.45, 2.75) is 43.5 Å². The number of amides is 1. The van der Waals surface area contributed by atoms with Gasteiger partial charge in [-0.1, -0.05) is 54.1 Å². The number of rotatable bonds is 5. The summed E-state index contributed by atoms with van der Waals surface area (Å²) in [7, 11) is -3.66. The van der Waals surface area contributed by atoms with Crippen LogP contribution < -0.4 is 5.32 Å². The lowest BCUT2D eigenvalue weighted by Crippen LogP contribution is -2.45. The quantitative estimate of drug-likeness (QED) is 0.485. The first-order valence-corrected chi connectivity index (χ1v) is 14.2. The van der Waals surface area contributed by atoms with Crippen LogP contribution in [0.5, 0.6) is 0 Å². The molecule has 1 spiro atoms. The van der Waals surface area contributed by atoms with Crippen LogP contribution in [-0.4, -0.2) is 55.2 Å². The van der Waals surface area contributed by atoms with Crippen LogP contribution >= 0.6 is 11.6 Å². The second-order valence-electron chi connectivity index (χ2n) is 10.8. The van der Waals surface area contributed by atoms with E-state index in [0.29, 0.717) is 18.1 Å². The van der Waals surface area contributed by atoms with Gasteiger partial charge in [0.1, 0.15) is 0 Å². The molecule has 5 rings (SSSR count). The first-order valence-electron chi connectivity index (χ1n) is 12.4. The van der Waals surface area contributed by atoms with E-state index in [9.17, 15) is 13.2 Å². The van der Waals surface area contributed by atoms with Gasteiger partial charge in [-0.05, 0) is 81.3 Å². The molecule has 0 atom stereocenters. The van der Waals surface area contributed by atoms with Gasteiger partial charge in [0.15, 0.2) is 0 Å². The van der Waals surface area contributed by atoms with Gasteiger partial charge >= 0.3 is 0 Å². The molecule has 0 radical (unpaired) electrons. The zero-order valence-corrected chi connectivity index (χ0v) is 22.3. The van der Waals surface area contributed by atoms with E-state index >= 15 is 0 Å². The van der Waals surface area contributed by atoms with Gasteiger partial charge in [0.05, 0.1) is 11.4 Å². The van der Waals surface area contributed by atoms with E-state index in [1.165, 1.54) is 6.07 Å². The predicted molar refractivity (Wildman–Crippen MR) is 145 cm³/mol. The van der Waals surface area contributed by atoms with Crippen molar-refractivity contribution < 1.29 is 13.2 Å². The molecule has 6 nitrogen and oxygen atoms in total. The maximum Gasteiger partial charge on any atom is 0.243 e. The van der Waals surface area contributed by atoms with Crippen molar-refractivity contribution in [3.8, 4) is 0 Å². The Bertz CT molecular complexity index is 1390. The molecular weight excluding hydrogens is 494 g/mol. The largest absolute Gasteiger partial charge is 0.324 e. The van der Waals surface area contributed by atoms with E-state index < -0.39 is 15.6 Å². The lowest BCUT2D eigenvalue weighted by molar-refractivity contribution is -0.117. The Kier molecular flexibility index (Phi) is 6.62. The van der Waals surface area contributed by atoms with E-state index in [0.717, 1.165) is 48.8 Å². The minimum Gasteiger partial charge on any atom is -0.324 e. The molecule has 1 amide bonds. The monoisotopic (exact) mass is 525 g/mol. The van der Waals surface area contributed by atoms with Crippen LogP contribution in [0.3, 0.4) is 0 Å². The fourth-order valence-electron chi connectivity index (χ4n) is 5.99. The van der Waals surface area contributed by atoms with Crippen molar-refractivity contribution in [1.29, 1.82) is 0 Å². The third-order valence-electron chi connectivity index (χ3n) is 7.69. The van der Waals surface area contributed by atoms with Gasteiger partial charge in [0, 0.05) is 28.2 Å².